The molecule has 3 rings (SSSR count). The van der Waals surface area contributed by atoms with Crippen molar-refractivity contribution in [1.29, 1.82) is 0 Å². The van der Waals surface area contributed by atoms with Crippen LogP contribution in [0.4, 0.5) is 0 Å². The molecule has 7 nitrogen and oxygen atoms in total. The lowest BCUT2D eigenvalue weighted by atomic mass is 10.1. The highest BCUT2D eigenvalue weighted by molar-refractivity contribution is 5.89. The lowest BCUT2D eigenvalue weighted by Gasteiger charge is -2.34. The fraction of sp³-hybridized carbons (Fsp3) is 0.556. The molecule has 1 unspecified atom stereocenters. The van der Waals surface area contributed by atoms with Crippen molar-refractivity contribution in [1.82, 2.24) is 15.5 Å². The molecule has 2 aliphatic rings. The zero-order valence-electron chi connectivity index (χ0n) is 14.7. The van der Waals surface area contributed by atoms with Gasteiger partial charge in [-0.25, -0.2) is 0 Å². The summed E-state index contributed by atoms with van der Waals surface area (Å²) in [5.74, 6) is 1.27. The van der Waals surface area contributed by atoms with Gasteiger partial charge in [-0.05, 0) is 30.5 Å². The summed E-state index contributed by atoms with van der Waals surface area (Å²) < 4.78 is 10.6. The summed E-state index contributed by atoms with van der Waals surface area (Å²) in [5, 5.41) is 5.81. The van der Waals surface area contributed by atoms with Crippen molar-refractivity contribution < 1.29 is 19.1 Å². The van der Waals surface area contributed by atoms with Crippen LogP contribution in [0.5, 0.6) is 11.5 Å². The van der Waals surface area contributed by atoms with E-state index in [1.54, 1.807) is 14.2 Å². The van der Waals surface area contributed by atoms with E-state index in [4.69, 9.17) is 9.47 Å². The molecular formula is C18H25N3O4. The molecule has 1 aliphatic carbocycles. The molecule has 0 radical (unpaired) electrons. The number of nitrogens with one attached hydrogen (secondary N) is 2. The van der Waals surface area contributed by atoms with Crippen molar-refractivity contribution >= 4 is 11.8 Å². The molecular weight excluding hydrogens is 322 g/mol. The average Bonchev–Trinajstić information content (AvgIpc) is 3.41. The largest absolute Gasteiger partial charge is 0.497 e. The zero-order chi connectivity index (χ0) is 17.8. The third-order valence-electron chi connectivity index (χ3n) is 4.56. The maximum atomic E-state index is 12.3. The number of hydrogen-bond donors (Lipinski definition) is 2. The highest BCUT2D eigenvalue weighted by Gasteiger charge is 2.33. The van der Waals surface area contributed by atoms with Crippen LogP contribution in [0.2, 0.25) is 0 Å². The first kappa shape index (κ1) is 17.5. The fourth-order valence-electron chi connectivity index (χ4n) is 3.06. The molecule has 2 fully saturated rings. The summed E-state index contributed by atoms with van der Waals surface area (Å²) in [7, 11) is 3.22. The quantitative estimate of drug-likeness (QED) is 0.758. The monoisotopic (exact) mass is 347 g/mol. The normalized spacial score (nSPS) is 20.7. The smallest absolute Gasteiger partial charge is 0.237 e. The summed E-state index contributed by atoms with van der Waals surface area (Å²) in [6.07, 6.45) is 2.26. The number of ether oxygens (including phenoxy) is 2. The van der Waals surface area contributed by atoms with Crippen LogP contribution in [0.15, 0.2) is 18.2 Å². The zero-order valence-corrected chi connectivity index (χ0v) is 14.7. The minimum Gasteiger partial charge on any atom is -0.497 e. The van der Waals surface area contributed by atoms with Gasteiger partial charge in [0.15, 0.2) is 0 Å². The highest BCUT2D eigenvalue weighted by Crippen LogP contribution is 2.25. The SMILES string of the molecule is COc1cc(CN2CCNC(=O)C2CC(=O)NC2CC2)cc(OC)c1. The van der Waals surface area contributed by atoms with Crippen LogP contribution in [0.3, 0.4) is 0 Å². The molecule has 1 heterocycles. The first-order valence-corrected chi connectivity index (χ1v) is 8.62. The Morgan fingerprint density at radius 2 is 1.92 bits per heavy atom. The molecule has 1 atom stereocenters. The standard InChI is InChI=1S/C18H25N3O4/c1-24-14-7-12(8-15(9-14)25-2)11-21-6-5-19-18(23)16(21)10-17(22)20-13-3-4-13/h7-9,13,16H,3-6,10-11H2,1-2H3,(H,19,23)(H,20,22). The Morgan fingerprint density at radius 3 is 2.52 bits per heavy atom. The summed E-state index contributed by atoms with van der Waals surface area (Å²) in [4.78, 5) is 26.5. The molecule has 0 bridgehead atoms. The summed E-state index contributed by atoms with van der Waals surface area (Å²) in [6, 6.07) is 5.51. The van der Waals surface area contributed by atoms with Gasteiger partial charge >= 0.3 is 0 Å². The van der Waals surface area contributed by atoms with E-state index < -0.39 is 6.04 Å². The number of methoxy groups -OCH3 is 2. The lowest BCUT2D eigenvalue weighted by Crippen LogP contribution is -2.56. The minimum atomic E-state index is -0.454. The summed E-state index contributed by atoms with van der Waals surface area (Å²) >= 11 is 0. The van der Waals surface area contributed by atoms with Crippen molar-refractivity contribution in [2.24, 2.45) is 0 Å². The van der Waals surface area contributed by atoms with Gasteiger partial charge in [0, 0.05) is 31.7 Å². The molecule has 7 heteroatoms. The number of hydrogen-bond acceptors (Lipinski definition) is 5. The van der Waals surface area contributed by atoms with E-state index in [2.05, 4.69) is 10.6 Å². The van der Waals surface area contributed by atoms with Gasteiger partial charge in [-0.15, -0.1) is 0 Å². The van der Waals surface area contributed by atoms with Crippen LogP contribution in [-0.2, 0) is 16.1 Å². The Labute approximate surface area is 147 Å². The predicted molar refractivity (Wildman–Crippen MR) is 92.5 cm³/mol. The van der Waals surface area contributed by atoms with Gasteiger partial charge in [0.05, 0.1) is 26.7 Å². The second-order valence-electron chi connectivity index (χ2n) is 6.54. The van der Waals surface area contributed by atoms with Crippen LogP contribution in [0, 0.1) is 0 Å². The third kappa shape index (κ3) is 4.63. The Balaban J connectivity index is 1.71. The van der Waals surface area contributed by atoms with E-state index in [-0.39, 0.29) is 18.2 Å². The Morgan fingerprint density at radius 1 is 1.24 bits per heavy atom. The molecule has 1 aromatic carbocycles. The molecule has 2 N–H and O–H groups in total. The molecule has 0 spiro atoms. The van der Waals surface area contributed by atoms with Crippen molar-refractivity contribution in [3.8, 4) is 11.5 Å². The van der Waals surface area contributed by atoms with Gasteiger partial charge in [-0.2, -0.15) is 0 Å². The van der Waals surface area contributed by atoms with E-state index >= 15 is 0 Å². The van der Waals surface area contributed by atoms with Gasteiger partial charge in [0.2, 0.25) is 11.8 Å². The Kier molecular flexibility index (Phi) is 5.43. The van der Waals surface area contributed by atoms with Crippen LogP contribution in [0.25, 0.3) is 0 Å². The number of carbonyl (C=O) groups excluding carboxylic acids is 2. The number of nitrogens with zero attached hydrogens (tertiary/aromatic N) is 1. The van der Waals surface area contributed by atoms with Crippen LogP contribution in [0.1, 0.15) is 24.8 Å². The Hall–Kier alpha value is -2.28. The van der Waals surface area contributed by atoms with E-state index in [0.29, 0.717) is 37.2 Å². The molecule has 2 amide bonds. The van der Waals surface area contributed by atoms with Crippen molar-refractivity contribution in [3.05, 3.63) is 23.8 Å². The minimum absolute atomic E-state index is 0.0576. The van der Waals surface area contributed by atoms with E-state index in [1.807, 2.05) is 23.1 Å². The lowest BCUT2D eigenvalue weighted by molar-refractivity contribution is -0.134. The first-order valence-electron chi connectivity index (χ1n) is 8.62. The topological polar surface area (TPSA) is 79.9 Å². The van der Waals surface area contributed by atoms with Gasteiger partial charge in [-0.1, -0.05) is 0 Å². The van der Waals surface area contributed by atoms with Gasteiger partial charge in [0.25, 0.3) is 0 Å². The predicted octanol–water partition coefficient (Wildman–Crippen LogP) is 0.673. The second kappa shape index (κ2) is 7.74. The molecule has 25 heavy (non-hydrogen) atoms. The van der Waals surface area contributed by atoms with Gasteiger partial charge < -0.3 is 20.1 Å². The number of piperazine rings is 1. The maximum absolute atomic E-state index is 12.3. The van der Waals surface area contributed by atoms with Crippen molar-refractivity contribution in [2.45, 2.75) is 37.9 Å². The molecule has 1 saturated carbocycles. The number of benzene rings is 1. The average molecular weight is 347 g/mol. The summed E-state index contributed by atoms with van der Waals surface area (Å²) in [6.45, 7) is 1.84. The molecule has 136 valence electrons. The van der Waals surface area contributed by atoms with Crippen LogP contribution < -0.4 is 20.1 Å². The number of rotatable bonds is 7. The second-order valence-corrected chi connectivity index (χ2v) is 6.54. The van der Waals surface area contributed by atoms with Crippen molar-refractivity contribution in [2.75, 3.05) is 27.3 Å². The van der Waals surface area contributed by atoms with E-state index in [1.165, 1.54) is 0 Å². The fourth-order valence-corrected chi connectivity index (χ4v) is 3.06. The van der Waals surface area contributed by atoms with Gasteiger partial charge in [-0.3, -0.25) is 14.5 Å². The van der Waals surface area contributed by atoms with E-state index in [9.17, 15) is 9.59 Å². The summed E-state index contributed by atoms with van der Waals surface area (Å²) in [5.41, 5.74) is 0.985. The maximum Gasteiger partial charge on any atom is 0.237 e. The third-order valence-corrected chi connectivity index (χ3v) is 4.56. The van der Waals surface area contributed by atoms with Crippen LogP contribution in [-0.4, -0.2) is 56.1 Å². The van der Waals surface area contributed by atoms with E-state index in [0.717, 1.165) is 18.4 Å². The van der Waals surface area contributed by atoms with Gasteiger partial charge in [0.1, 0.15) is 11.5 Å². The van der Waals surface area contributed by atoms with Crippen LogP contribution >= 0.6 is 0 Å². The molecule has 1 aromatic rings. The van der Waals surface area contributed by atoms with Crippen molar-refractivity contribution in [3.63, 3.8) is 0 Å². The number of amides is 2. The molecule has 0 aromatic heterocycles. The Bertz CT molecular complexity index is 623. The first-order chi connectivity index (χ1) is 12.1. The molecule has 1 aliphatic heterocycles. The molecule has 1 saturated heterocycles. The highest BCUT2D eigenvalue weighted by atomic mass is 16.5. The number of carbonyl (C=O) groups is 2.